The highest BCUT2D eigenvalue weighted by atomic mass is 127. The highest BCUT2D eigenvalue weighted by Gasteiger charge is 2.07. The fourth-order valence-corrected chi connectivity index (χ4v) is 2.71. The molecule has 0 heterocycles. The standard InChI is InChI=1S/C18H30ClN3O.HI/c1-3-6-16(10-12-23)14-22-18(20-4-2)21-11-9-15-7-5-8-17(19)13-15;/h5,7-8,13,16,23H,3-4,6,9-12,14H2,1-2H3,(H2,20,21,22);1H. The Morgan fingerprint density at radius 3 is 2.67 bits per heavy atom. The fourth-order valence-electron chi connectivity index (χ4n) is 2.50. The van der Waals surface area contributed by atoms with Gasteiger partial charge < -0.3 is 15.7 Å². The lowest BCUT2D eigenvalue weighted by molar-refractivity contribution is 0.253. The van der Waals surface area contributed by atoms with Crippen molar-refractivity contribution < 1.29 is 5.11 Å². The predicted octanol–water partition coefficient (Wildman–Crippen LogP) is 3.85. The number of nitrogens with zero attached hydrogens (tertiary/aromatic N) is 1. The lowest BCUT2D eigenvalue weighted by atomic mass is 10.0. The van der Waals surface area contributed by atoms with E-state index < -0.39 is 0 Å². The summed E-state index contributed by atoms with van der Waals surface area (Å²) in [6.45, 7) is 6.86. The van der Waals surface area contributed by atoms with Gasteiger partial charge in [-0.05, 0) is 49.8 Å². The molecule has 0 amide bonds. The summed E-state index contributed by atoms with van der Waals surface area (Å²) in [5.41, 5.74) is 1.21. The van der Waals surface area contributed by atoms with E-state index in [1.165, 1.54) is 5.56 Å². The Labute approximate surface area is 168 Å². The molecular weight excluding hydrogens is 437 g/mol. The number of rotatable bonds is 10. The van der Waals surface area contributed by atoms with Gasteiger partial charge in [0.2, 0.25) is 0 Å². The Morgan fingerprint density at radius 2 is 2.04 bits per heavy atom. The second kappa shape index (κ2) is 14.8. The van der Waals surface area contributed by atoms with Crippen LogP contribution in [0.15, 0.2) is 29.3 Å². The Balaban J connectivity index is 0.00000529. The molecule has 1 aromatic carbocycles. The van der Waals surface area contributed by atoms with Crippen LogP contribution in [0, 0.1) is 5.92 Å². The molecule has 1 atom stereocenters. The van der Waals surface area contributed by atoms with Crippen LogP contribution >= 0.6 is 35.6 Å². The van der Waals surface area contributed by atoms with Crippen molar-refractivity contribution in [2.75, 3.05) is 26.2 Å². The van der Waals surface area contributed by atoms with E-state index in [-0.39, 0.29) is 30.6 Å². The van der Waals surface area contributed by atoms with Crippen molar-refractivity contribution in [3.05, 3.63) is 34.9 Å². The van der Waals surface area contributed by atoms with Crippen molar-refractivity contribution in [3.63, 3.8) is 0 Å². The van der Waals surface area contributed by atoms with Gasteiger partial charge in [-0.25, -0.2) is 0 Å². The number of aliphatic hydroxyl groups is 1. The third-order valence-electron chi connectivity index (χ3n) is 3.68. The topological polar surface area (TPSA) is 56.7 Å². The van der Waals surface area contributed by atoms with Crippen molar-refractivity contribution >= 4 is 41.5 Å². The van der Waals surface area contributed by atoms with Crippen LogP contribution in [0.25, 0.3) is 0 Å². The molecule has 3 N–H and O–H groups in total. The summed E-state index contributed by atoms with van der Waals surface area (Å²) in [7, 11) is 0. The average Bonchev–Trinajstić information content (AvgIpc) is 2.53. The van der Waals surface area contributed by atoms with E-state index in [2.05, 4.69) is 35.5 Å². The maximum atomic E-state index is 9.13. The molecule has 0 radical (unpaired) electrons. The molecule has 24 heavy (non-hydrogen) atoms. The molecule has 0 saturated heterocycles. The van der Waals surface area contributed by atoms with Crippen LogP contribution in [0.1, 0.15) is 38.7 Å². The van der Waals surface area contributed by atoms with Gasteiger partial charge in [0.1, 0.15) is 0 Å². The summed E-state index contributed by atoms with van der Waals surface area (Å²) in [6, 6.07) is 7.93. The number of guanidine groups is 1. The first-order chi connectivity index (χ1) is 11.2. The van der Waals surface area contributed by atoms with E-state index >= 15 is 0 Å². The van der Waals surface area contributed by atoms with Gasteiger partial charge in [-0.3, -0.25) is 4.99 Å². The predicted molar refractivity (Wildman–Crippen MR) is 115 cm³/mol. The summed E-state index contributed by atoms with van der Waals surface area (Å²) in [5, 5.41) is 16.5. The number of aliphatic imine (C=N–C) groups is 1. The van der Waals surface area contributed by atoms with Crippen LogP contribution in [0.2, 0.25) is 5.02 Å². The molecule has 0 spiro atoms. The minimum atomic E-state index is 0. The largest absolute Gasteiger partial charge is 0.396 e. The highest BCUT2D eigenvalue weighted by Crippen LogP contribution is 2.11. The van der Waals surface area contributed by atoms with Crippen molar-refractivity contribution in [1.29, 1.82) is 0 Å². The van der Waals surface area contributed by atoms with Gasteiger partial charge in [-0.1, -0.05) is 37.1 Å². The minimum Gasteiger partial charge on any atom is -0.396 e. The van der Waals surface area contributed by atoms with Crippen LogP contribution in [0.5, 0.6) is 0 Å². The van der Waals surface area contributed by atoms with Gasteiger partial charge in [0, 0.05) is 31.3 Å². The molecule has 0 bridgehead atoms. The Morgan fingerprint density at radius 1 is 1.25 bits per heavy atom. The van der Waals surface area contributed by atoms with Gasteiger partial charge in [0.05, 0.1) is 0 Å². The number of hydrogen-bond acceptors (Lipinski definition) is 2. The fraction of sp³-hybridized carbons (Fsp3) is 0.611. The Hall–Kier alpha value is -0.530. The number of nitrogens with one attached hydrogen (secondary N) is 2. The first kappa shape index (κ1) is 23.5. The second-order valence-corrected chi connectivity index (χ2v) is 6.13. The molecule has 6 heteroatoms. The third kappa shape index (κ3) is 10.4. The van der Waals surface area contributed by atoms with Gasteiger partial charge in [0.25, 0.3) is 0 Å². The summed E-state index contributed by atoms with van der Waals surface area (Å²) < 4.78 is 0. The molecule has 0 saturated carbocycles. The monoisotopic (exact) mass is 467 g/mol. The highest BCUT2D eigenvalue weighted by molar-refractivity contribution is 14.0. The molecule has 1 rings (SSSR count). The molecule has 138 valence electrons. The number of hydrogen-bond donors (Lipinski definition) is 3. The van der Waals surface area contributed by atoms with Crippen molar-refractivity contribution in [2.45, 2.75) is 39.5 Å². The lowest BCUT2D eigenvalue weighted by Gasteiger charge is -2.15. The molecule has 0 aliphatic carbocycles. The van der Waals surface area contributed by atoms with Crippen LogP contribution in [-0.2, 0) is 6.42 Å². The SMILES string of the molecule is CCCC(CCO)CN=C(NCC)NCCc1cccc(Cl)c1.I. The smallest absolute Gasteiger partial charge is 0.191 e. The van der Waals surface area contributed by atoms with Crippen LogP contribution in [-0.4, -0.2) is 37.3 Å². The zero-order valence-corrected chi connectivity index (χ0v) is 17.8. The maximum Gasteiger partial charge on any atom is 0.191 e. The minimum absolute atomic E-state index is 0. The van der Waals surface area contributed by atoms with E-state index in [1.54, 1.807) is 0 Å². The van der Waals surface area contributed by atoms with Crippen LogP contribution in [0.4, 0.5) is 0 Å². The Kier molecular flexibility index (Phi) is 14.5. The molecule has 1 unspecified atom stereocenters. The number of halogens is 2. The molecule has 0 aliphatic rings. The van der Waals surface area contributed by atoms with Gasteiger partial charge >= 0.3 is 0 Å². The molecule has 0 aromatic heterocycles. The summed E-state index contributed by atoms with van der Waals surface area (Å²) in [5.74, 6) is 1.29. The molecule has 1 aromatic rings. The van der Waals surface area contributed by atoms with E-state index in [1.807, 2.05) is 18.2 Å². The van der Waals surface area contributed by atoms with E-state index in [9.17, 15) is 0 Å². The quantitative estimate of drug-likeness (QED) is 0.278. The summed E-state index contributed by atoms with van der Waals surface area (Å²) in [6.07, 6.45) is 3.95. The third-order valence-corrected chi connectivity index (χ3v) is 3.92. The molecule has 0 aliphatic heterocycles. The van der Waals surface area contributed by atoms with Gasteiger partial charge in [0.15, 0.2) is 5.96 Å². The zero-order chi connectivity index (χ0) is 16.9. The van der Waals surface area contributed by atoms with Crippen LogP contribution in [0.3, 0.4) is 0 Å². The van der Waals surface area contributed by atoms with Crippen molar-refractivity contribution in [2.24, 2.45) is 10.9 Å². The Bertz CT molecular complexity index is 465. The lowest BCUT2D eigenvalue weighted by Crippen LogP contribution is -2.38. The average molecular weight is 468 g/mol. The van der Waals surface area contributed by atoms with Gasteiger partial charge in [-0.2, -0.15) is 0 Å². The second-order valence-electron chi connectivity index (χ2n) is 5.69. The summed E-state index contributed by atoms with van der Waals surface area (Å²) in [4.78, 5) is 4.66. The van der Waals surface area contributed by atoms with Crippen molar-refractivity contribution in [1.82, 2.24) is 10.6 Å². The summed E-state index contributed by atoms with van der Waals surface area (Å²) >= 11 is 6.00. The van der Waals surface area contributed by atoms with Gasteiger partial charge in [-0.15, -0.1) is 24.0 Å². The van der Waals surface area contributed by atoms with E-state index in [4.69, 9.17) is 16.7 Å². The first-order valence-electron chi connectivity index (χ1n) is 8.57. The van der Waals surface area contributed by atoms with Crippen molar-refractivity contribution in [3.8, 4) is 0 Å². The normalized spacial score (nSPS) is 12.4. The van der Waals surface area contributed by atoms with E-state index in [0.29, 0.717) is 5.92 Å². The maximum absolute atomic E-state index is 9.13. The number of aliphatic hydroxyl groups excluding tert-OH is 1. The van der Waals surface area contributed by atoms with E-state index in [0.717, 1.165) is 56.3 Å². The first-order valence-corrected chi connectivity index (χ1v) is 8.94. The molecular formula is C18H31ClIN3O. The zero-order valence-electron chi connectivity index (χ0n) is 14.7. The molecule has 0 fully saturated rings. The van der Waals surface area contributed by atoms with Crippen LogP contribution < -0.4 is 10.6 Å². The number of benzene rings is 1. The molecule has 4 nitrogen and oxygen atoms in total.